The van der Waals surface area contributed by atoms with E-state index in [-0.39, 0.29) is 24.1 Å². The largest absolute Gasteiger partial charge is 0.444 e. The van der Waals surface area contributed by atoms with Crippen molar-refractivity contribution in [1.82, 2.24) is 10.4 Å². The number of fused-ring (bicyclic) bond motifs is 2. The first kappa shape index (κ1) is 15.8. The van der Waals surface area contributed by atoms with E-state index < -0.39 is 5.60 Å². The lowest BCUT2D eigenvalue weighted by Gasteiger charge is -2.32. The standard InChI is InChI=1S/C15H24N2O4/c1-15(2,3)21-14(19)17-10-6-5-7-11(12(17)9-8-10)13(18)16-20-4/h7,10,12H,5-6,8-9H2,1-4H3,(H,16,18)/t10?,12-/m1/s1. The van der Waals surface area contributed by atoms with Crippen molar-refractivity contribution in [3.8, 4) is 0 Å². The zero-order chi connectivity index (χ0) is 15.6. The minimum absolute atomic E-state index is 0.147. The second kappa shape index (κ2) is 6.05. The van der Waals surface area contributed by atoms with E-state index in [0.717, 1.165) is 25.7 Å². The van der Waals surface area contributed by atoms with Crippen molar-refractivity contribution in [3.63, 3.8) is 0 Å². The molecule has 21 heavy (non-hydrogen) atoms. The third-order valence-electron chi connectivity index (χ3n) is 3.79. The van der Waals surface area contributed by atoms with E-state index in [0.29, 0.717) is 5.57 Å². The number of carbonyl (C=O) groups is 2. The van der Waals surface area contributed by atoms with Gasteiger partial charge in [0.2, 0.25) is 0 Å². The van der Waals surface area contributed by atoms with E-state index in [4.69, 9.17) is 9.57 Å². The predicted molar refractivity (Wildman–Crippen MR) is 77.4 cm³/mol. The lowest BCUT2D eigenvalue weighted by Crippen LogP contribution is -2.46. The number of allylic oxidation sites excluding steroid dienone is 1. The Balaban J connectivity index is 2.20. The number of nitrogens with one attached hydrogen (secondary N) is 1. The normalized spacial score (nSPS) is 25.1. The molecule has 2 amide bonds. The summed E-state index contributed by atoms with van der Waals surface area (Å²) in [5.74, 6) is -0.279. The number of carbonyl (C=O) groups excluding carboxylic acids is 2. The van der Waals surface area contributed by atoms with Crippen LogP contribution in [0, 0.1) is 0 Å². The average Bonchev–Trinajstić information content (AvgIpc) is 2.63. The monoisotopic (exact) mass is 296 g/mol. The molecule has 2 aliphatic rings. The van der Waals surface area contributed by atoms with Gasteiger partial charge < -0.3 is 4.74 Å². The van der Waals surface area contributed by atoms with Crippen LogP contribution in [0.15, 0.2) is 11.6 Å². The fraction of sp³-hybridized carbons (Fsp3) is 0.733. The van der Waals surface area contributed by atoms with Crippen LogP contribution in [0.5, 0.6) is 0 Å². The first-order valence-electron chi connectivity index (χ1n) is 7.38. The fourth-order valence-electron chi connectivity index (χ4n) is 3.03. The molecule has 0 saturated carbocycles. The third kappa shape index (κ3) is 3.56. The smallest absolute Gasteiger partial charge is 0.411 e. The molecule has 1 unspecified atom stereocenters. The highest BCUT2D eigenvalue weighted by molar-refractivity contribution is 5.94. The maximum absolute atomic E-state index is 12.5. The summed E-state index contributed by atoms with van der Waals surface area (Å²) < 4.78 is 5.50. The molecule has 2 atom stereocenters. The van der Waals surface area contributed by atoms with Gasteiger partial charge in [-0.1, -0.05) is 6.08 Å². The summed E-state index contributed by atoms with van der Waals surface area (Å²) in [6.07, 6.45) is 4.91. The van der Waals surface area contributed by atoms with Crippen molar-refractivity contribution in [2.24, 2.45) is 0 Å². The molecule has 0 radical (unpaired) electrons. The Hall–Kier alpha value is -1.56. The van der Waals surface area contributed by atoms with Crippen LogP contribution < -0.4 is 5.48 Å². The van der Waals surface area contributed by atoms with Gasteiger partial charge in [0, 0.05) is 11.6 Å². The Labute approximate surface area is 125 Å². The molecule has 1 N–H and O–H groups in total. The third-order valence-corrected chi connectivity index (χ3v) is 3.79. The highest BCUT2D eigenvalue weighted by Crippen LogP contribution is 2.36. The molecule has 118 valence electrons. The summed E-state index contributed by atoms with van der Waals surface area (Å²) in [4.78, 5) is 31.0. The number of nitrogens with zero attached hydrogens (tertiary/aromatic N) is 1. The van der Waals surface area contributed by atoms with Gasteiger partial charge in [-0.15, -0.1) is 0 Å². The molecule has 0 aromatic carbocycles. The van der Waals surface area contributed by atoms with Gasteiger partial charge in [0.1, 0.15) is 5.60 Å². The highest BCUT2D eigenvalue weighted by Gasteiger charge is 2.43. The van der Waals surface area contributed by atoms with Gasteiger partial charge in [-0.2, -0.15) is 0 Å². The number of hydrogen-bond acceptors (Lipinski definition) is 4. The van der Waals surface area contributed by atoms with Gasteiger partial charge >= 0.3 is 6.09 Å². The van der Waals surface area contributed by atoms with Gasteiger partial charge in [-0.25, -0.2) is 10.3 Å². The van der Waals surface area contributed by atoms with Gasteiger partial charge in [0.25, 0.3) is 5.91 Å². The molecule has 1 fully saturated rings. The number of rotatable bonds is 2. The van der Waals surface area contributed by atoms with E-state index in [1.54, 1.807) is 4.90 Å². The Kier molecular flexibility index (Phi) is 4.56. The molecule has 2 rings (SSSR count). The second-order valence-corrected chi connectivity index (χ2v) is 6.51. The van der Waals surface area contributed by atoms with E-state index in [1.807, 2.05) is 26.8 Å². The van der Waals surface area contributed by atoms with Gasteiger partial charge in [-0.05, 0) is 46.5 Å². The van der Waals surface area contributed by atoms with Crippen molar-refractivity contribution in [1.29, 1.82) is 0 Å². The van der Waals surface area contributed by atoms with E-state index >= 15 is 0 Å². The average molecular weight is 296 g/mol. The van der Waals surface area contributed by atoms with E-state index in [2.05, 4.69) is 5.48 Å². The van der Waals surface area contributed by atoms with E-state index in [9.17, 15) is 9.59 Å². The van der Waals surface area contributed by atoms with Gasteiger partial charge in [0.15, 0.2) is 0 Å². The SMILES string of the molecule is CONC(=O)C1=CCCC2CC[C@H]1N2C(=O)OC(C)(C)C. The molecule has 2 bridgehead atoms. The molecule has 0 aromatic rings. The highest BCUT2D eigenvalue weighted by atomic mass is 16.6. The zero-order valence-corrected chi connectivity index (χ0v) is 13.1. The summed E-state index contributed by atoms with van der Waals surface area (Å²) in [7, 11) is 1.40. The Morgan fingerprint density at radius 3 is 2.62 bits per heavy atom. The molecule has 6 heteroatoms. The Morgan fingerprint density at radius 2 is 2.00 bits per heavy atom. The van der Waals surface area contributed by atoms with Crippen LogP contribution in [0.2, 0.25) is 0 Å². The van der Waals surface area contributed by atoms with Crippen molar-refractivity contribution in [2.75, 3.05) is 7.11 Å². The summed E-state index contributed by atoms with van der Waals surface area (Å²) in [6.45, 7) is 5.54. The van der Waals surface area contributed by atoms with Crippen molar-refractivity contribution in [3.05, 3.63) is 11.6 Å². The lowest BCUT2D eigenvalue weighted by molar-refractivity contribution is -0.127. The number of amides is 2. The van der Waals surface area contributed by atoms with E-state index in [1.165, 1.54) is 7.11 Å². The van der Waals surface area contributed by atoms with Gasteiger partial charge in [-0.3, -0.25) is 14.5 Å². The van der Waals surface area contributed by atoms with Crippen LogP contribution >= 0.6 is 0 Å². The van der Waals surface area contributed by atoms with Crippen LogP contribution in [0.3, 0.4) is 0 Å². The fourth-order valence-corrected chi connectivity index (χ4v) is 3.03. The van der Waals surface area contributed by atoms with Crippen LogP contribution in [0.25, 0.3) is 0 Å². The number of hydroxylamine groups is 1. The Morgan fingerprint density at radius 1 is 1.29 bits per heavy atom. The minimum Gasteiger partial charge on any atom is -0.444 e. The van der Waals surface area contributed by atoms with Crippen molar-refractivity contribution in [2.45, 2.75) is 64.1 Å². The van der Waals surface area contributed by atoms with Crippen LogP contribution in [0.1, 0.15) is 46.5 Å². The predicted octanol–water partition coefficient (Wildman–Crippen LogP) is 2.15. The number of hydrogen-bond donors (Lipinski definition) is 1. The van der Waals surface area contributed by atoms with Gasteiger partial charge in [0.05, 0.1) is 13.2 Å². The molecule has 1 saturated heterocycles. The lowest BCUT2D eigenvalue weighted by atomic mass is 9.99. The van der Waals surface area contributed by atoms with Crippen LogP contribution in [-0.4, -0.2) is 41.7 Å². The molecule has 2 heterocycles. The number of ether oxygens (including phenoxy) is 1. The first-order chi connectivity index (χ1) is 9.83. The maximum Gasteiger partial charge on any atom is 0.411 e. The molecule has 2 aliphatic heterocycles. The summed E-state index contributed by atoms with van der Waals surface area (Å²) in [5, 5.41) is 0. The van der Waals surface area contributed by atoms with Crippen molar-refractivity contribution >= 4 is 12.0 Å². The molecular formula is C15H24N2O4. The molecule has 0 spiro atoms. The summed E-state index contributed by atoms with van der Waals surface area (Å²) in [6, 6.07) is -0.0727. The maximum atomic E-state index is 12.5. The quantitative estimate of drug-likeness (QED) is 0.793. The molecule has 0 aromatic heterocycles. The van der Waals surface area contributed by atoms with Crippen molar-refractivity contribution < 1.29 is 19.2 Å². The zero-order valence-electron chi connectivity index (χ0n) is 13.1. The first-order valence-corrected chi connectivity index (χ1v) is 7.38. The van der Waals surface area contributed by atoms with Crippen LogP contribution in [0.4, 0.5) is 4.79 Å². The second-order valence-electron chi connectivity index (χ2n) is 6.51. The molecule has 6 nitrogen and oxygen atoms in total. The summed E-state index contributed by atoms with van der Waals surface area (Å²) >= 11 is 0. The summed E-state index contributed by atoms with van der Waals surface area (Å²) in [5.41, 5.74) is 2.41. The minimum atomic E-state index is -0.540. The topological polar surface area (TPSA) is 67.9 Å². The molecular weight excluding hydrogens is 272 g/mol. The molecule has 0 aliphatic carbocycles. The Bertz CT molecular complexity index is 453. The van der Waals surface area contributed by atoms with Crippen LogP contribution in [-0.2, 0) is 14.4 Å².